The lowest BCUT2D eigenvalue weighted by Crippen LogP contribution is -2.50. The Labute approximate surface area is 152 Å². The Morgan fingerprint density at radius 3 is 2.72 bits per heavy atom. The standard InChI is InChI=1S/C20H21N3OS/c24-13-15-10-17-16-8-4-5-9-18(16)22-19(17)12-23(15)20(25)21-11-14-6-2-1-3-7-14/h1-9,15,22,24H,10-13H2,(H,21,25). The van der Waals surface area contributed by atoms with Crippen molar-refractivity contribution in [1.29, 1.82) is 0 Å². The van der Waals surface area contributed by atoms with E-state index >= 15 is 0 Å². The lowest BCUT2D eigenvalue weighted by molar-refractivity contribution is 0.164. The molecule has 1 aliphatic rings. The van der Waals surface area contributed by atoms with Gasteiger partial charge < -0.3 is 20.3 Å². The van der Waals surface area contributed by atoms with Crippen LogP contribution in [-0.4, -0.2) is 32.8 Å². The van der Waals surface area contributed by atoms with Gasteiger partial charge in [-0.3, -0.25) is 0 Å². The summed E-state index contributed by atoms with van der Waals surface area (Å²) in [5.41, 5.74) is 4.83. The average molecular weight is 351 g/mol. The number of nitrogens with one attached hydrogen (secondary N) is 2. The predicted molar refractivity (Wildman–Crippen MR) is 104 cm³/mol. The first-order valence-corrected chi connectivity index (χ1v) is 8.95. The highest BCUT2D eigenvalue weighted by Crippen LogP contribution is 2.30. The maximum absolute atomic E-state index is 9.89. The van der Waals surface area contributed by atoms with Crippen LogP contribution in [0.4, 0.5) is 0 Å². The van der Waals surface area contributed by atoms with Crippen LogP contribution in [0.5, 0.6) is 0 Å². The van der Waals surface area contributed by atoms with Gasteiger partial charge in [0.15, 0.2) is 5.11 Å². The second-order valence-electron chi connectivity index (χ2n) is 6.44. The minimum Gasteiger partial charge on any atom is -0.394 e. The van der Waals surface area contributed by atoms with E-state index in [0.29, 0.717) is 18.2 Å². The zero-order valence-corrected chi connectivity index (χ0v) is 14.7. The number of nitrogens with zero attached hydrogens (tertiary/aromatic N) is 1. The molecule has 0 spiro atoms. The number of aromatic nitrogens is 1. The third-order valence-electron chi connectivity index (χ3n) is 4.87. The third-order valence-corrected chi connectivity index (χ3v) is 5.25. The van der Waals surface area contributed by atoms with Crippen LogP contribution in [0.2, 0.25) is 0 Å². The van der Waals surface area contributed by atoms with Gasteiger partial charge in [0.1, 0.15) is 0 Å². The van der Waals surface area contributed by atoms with Gasteiger partial charge in [-0.15, -0.1) is 0 Å². The van der Waals surface area contributed by atoms with Crippen LogP contribution in [-0.2, 0) is 19.5 Å². The molecule has 0 fully saturated rings. The molecule has 0 radical (unpaired) electrons. The predicted octanol–water partition coefficient (Wildman–Crippen LogP) is 2.96. The number of aliphatic hydroxyl groups is 1. The Morgan fingerprint density at radius 1 is 1.16 bits per heavy atom. The van der Waals surface area contributed by atoms with Crippen LogP contribution >= 0.6 is 12.2 Å². The van der Waals surface area contributed by atoms with Gasteiger partial charge >= 0.3 is 0 Å². The van der Waals surface area contributed by atoms with E-state index in [1.165, 1.54) is 22.2 Å². The van der Waals surface area contributed by atoms with E-state index in [1.807, 2.05) is 24.3 Å². The van der Waals surface area contributed by atoms with Crippen molar-refractivity contribution in [2.45, 2.75) is 25.6 Å². The fourth-order valence-electron chi connectivity index (χ4n) is 3.55. The van der Waals surface area contributed by atoms with Crippen molar-refractivity contribution in [2.24, 2.45) is 0 Å². The number of H-pyrrole nitrogens is 1. The second kappa shape index (κ2) is 6.86. The molecule has 3 aromatic rings. The maximum atomic E-state index is 9.89. The highest BCUT2D eigenvalue weighted by molar-refractivity contribution is 7.80. The van der Waals surface area contributed by atoms with Gasteiger partial charge in [-0.2, -0.15) is 0 Å². The number of fused-ring (bicyclic) bond motifs is 3. The van der Waals surface area contributed by atoms with Gasteiger partial charge in [0.2, 0.25) is 0 Å². The minimum atomic E-state index is 0.00230. The van der Waals surface area contributed by atoms with Crippen LogP contribution in [0.15, 0.2) is 54.6 Å². The lowest BCUT2D eigenvalue weighted by atomic mass is 9.97. The fraction of sp³-hybridized carbons (Fsp3) is 0.250. The molecule has 1 unspecified atom stereocenters. The van der Waals surface area contributed by atoms with Crippen molar-refractivity contribution in [2.75, 3.05) is 6.61 Å². The highest BCUT2D eigenvalue weighted by atomic mass is 32.1. The van der Waals surface area contributed by atoms with E-state index in [-0.39, 0.29) is 12.6 Å². The Kier molecular flexibility index (Phi) is 4.42. The number of para-hydroxylation sites is 1. The molecule has 1 atom stereocenters. The summed E-state index contributed by atoms with van der Waals surface area (Å²) in [5.74, 6) is 0. The Balaban J connectivity index is 1.54. The third kappa shape index (κ3) is 3.13. The SMILES string of the molecule is OCC1Cc2c([nH]c3ccccc23)CN1C(=S)NCc1ccccc1. The van der Waals surface area contributed by atoms with Crippen molar-refractivity contribution >= 4 is 28.2 Å². The molecule has 25 heavy (non-hydrogen) atoms. The number of hydrogen-bond donors (Lipinski definition) is 3. The number of thiocarbonyl (C=S) groups is 1. The topological polar surface area (TPSA) is 51.3 Å². The molecule has 0 aliphatic carbocycles. The lowest BCUT2D eigenvalue weighted by Gasteiger charge is -2.36. The van der Waals surface area contributed by atoms with Crippen molar-refractivity contribution < 1.29 is 5.11 Å². The molecule has 3 N–H and O–H groups in total. The molecule has 0 saturated carbocycles. The van der Waals surface area contributed by atoms with Gasteiger partial charge in [0, 0.05) is 23.1 Å². The molecule has 4 nitrogen and oxygen atoms in total. The van der Waals surface area contributed by atoms with E-state index < -0.39 is 0 Å². The summed E-state index contributed by atoms with van der Waals surface area (Å²) in [7, 11) is 0. The summed E-state index contributed by atoms with van der Waals surface area (Å²) >= 11 is 5.62. The van der Waals surface area contributed by atoms with Gasteiger partial charge in [-0.1, -0.05) is 48.5 Å². The van der Waals surface area contributed by atoms with E-state index in [9.17, 15) is 5.11 Å². The summed E-state index contributed by atoms with van der Waals surface area (Å²) in [6.07, 6.45) is 0.795. The quantitative estimate of drug-likeness (QED) is 0.635. The Morgan fingerprint density at radius 2 is 1.92 bits per heavy atom. The molecular formula is C20H21N3OS. The number of rotatable bonds is 3. The maximum Gasteiger partial charge on any atom is 0.169 e. The first-order valence-electron chi connectivity index (χ1n) is 8.54. The van der Waals surface area contributed by atoms with E-state index in [2.05, 4.69) is 45.5 Å². The van der Waals surface area contributed by atoms with Gasteiger partial charge in [0.05, 0.1) is 19.2 Å². The summed E-state index contributed by atoms with van der Waals surface area (Å²) in [6, 6.07) is 18.5. The molecule has 128 valence electrons. The number of hydrogen-bond acceptors (Lipinski definition) is 2. The molecule has 5 heteroatoms. The van der Waals surface area contributed by atoms with Crippen molar-refractivity contribution in [3.05, 3.63) is 71.4 Å². The summed E-state index contributed by atoms with van der Waals surface area (Å²) < 4.78 is 0. The summed E-state index contributed by atoms with van der Waals surface area (Å²) in [6.45, 7) is 1.47. The van der Waals surface area contributed by atoms with Gasteiger partial charge in [-0.25, -0.2) is 0 Å². The van der Waals surface area contributed by atoms with Crippen molar-refractivity contribution in [3.8, 4) is 0 Å². The van der Waals surface area contributed by atoms with Crippen LogP contribution in [0, 0.1) is 0 Å². The highest BCUT2D eigenvalue weighted by Gasteiger charge is 2.29. The second-order valence-corrected chi connectivity index (χ2v) is 6.83. The first-order chi connectivity index (χ1) is 12.3. The molecule has 1 aliphatic heterocycles. The minimum absolute atomic E-state index is 0.00230. The van der Waals surface area contributed by atoms with Crippen LogP contribution < -0.4 is 5.32 Å². The van der Waals surface area contributed by atoms with Crippen molar-refractivity contribution in [3.63, 3.8) is 0 Å². The number of benzene rings is 2. The molecule has 0 amide bonds. The molecular weight excluding hydrogens is 330 g/mol. The molecule has 1 aromatic heterocycles. The number of aromatic amines is 1. The average Bonchev–Trinajstić information content (AvgIpc) is 3.03. The van der Waals surface area contributed by atoms with Crippen molar-refractivity contribution in [1.82, 2.24) is 15.2 Å². The van der Waals surface area contributed by atoms with E-state index in [0.717, 1.165) is 11.9 Å². The Bertz CT molecular complexity index is 890. The first kappa shape index (κ1) is 16.1. The Hall–Kier alpha value is -2.37. The molecule has 0 bridgehead atoms. The smallest absolute Gasteiger partial charge is 0.169 e. The molecule has 0 saturated heterocycles. The zero-order valence-electron chi connectivity index (χ0n) is 13.9. The fourth-order valence-corrected chi connectivity index (χ4v) is 3.83. The summed E-state index contributed by atoms with van der Waals surface area (Å²) in [4.78, 5) is 5.60. The number of aliphatic hydroxyl groups excluding tert-OH is 1. The normalized spacial score (nSPS) is 16.7. The summed E-state index contributed by atoms with van der Waals surface area (Å²) in [5, 5.41) is 15.2. The van der Waals surface area contributed by atoms with E-state index in [1.54, 1.807) is 0 Å². The van der Waals surface area contributed by atoms with Crippen LogP contribution in [0.1, 0.15) is 16.8 Å². The van der Waals surface area contributed by atoms with Crippen LogP contribution in [0.3, 0.4) is 0 Å². The monoisotopic (exact) mass is 351 g/mol. The molecule has 4 rings (SSSR count). The van der Waals surface area contributed by atoms with Gasteiger partial charge in [0.25, 0.3) is 0 Å². The molecule has 2 aromatic carbocycles. The van der Waals surface area contributed by atoms with Crippen LogP contribution in [0.25, 0.3) is 10.9 Å². The van der Waals surface area contributed by atoms with Gasteiger partial charge in [-0.05, 0) is 35.8 Å². The van der Waals surface area contributed by atoms with E-state index in [4.69, 9.17) is 12.2 Å². The largest absolute Gasteiger partial charge is 0.394 e. The molecule has 2 heterocycles. The zero-order chi connectivity index (χ0) is 17.2.